The van der Waals surface area contributed by atoms with Gasteiger partial charge in [0, 0.05) is 11.1 Å². The van der Waals surface area contributed by atoms with Gasteiger partial charge in [-0.3, -0.25) is 10.2 Å². The van der Waals surface area contributed by atoms with Crippen molar-refractivity contribution >= 4 is 17.3 Å². The maximum absolute atomic E-state index is 12.6. The van der Waals surface area contributed by atoms with Crippen LogP contribution < -0.4 is 20.5 Å². The molecule has 4 aromatic carbocycles. The first-order valence-electron chi connectivity index (χ1n) is 12.8. The van der Waals surface area contributed by atoms with Crippen LogP contribution in [-0.4, -0.2) is 11.6 Å². The normalized spacial score (nSPS) is 15.3. The van der Waals surface area contributed by atoms with Gasteiger partial charge in [-0.05, 0) is 65.2 Å². The molecule has 1 aliphatic rings. The third-order valence-electron chi connectivity index (χ3n) is 6.73. The third kappa shape index (κ3) is 5.76. The molecule has 4 N–H and O–H groups in total. The SMILES string of the molecule is C[C@H](Oc1cccc(C(=N)C2=C(N)C(=O)NC2c2ccc(OCc3ccc(N=O)cc3)cc2)c1)c1ccccc1. The zero-order valence-corrected chi connectivity index (χ0v) is 21.8. The van der Waals surface area contributed by atoms with Gasteiger partial charge in [-0.15, -0.1) is 4.91 Å². The second-order valence-corrected chi connectivity index (χ2v) is 9.42. The second kappa shape index (κ2) is 11.7. The molecule has 0 saturated carbocycles. The summed E-state index contributed by atoms with van der Waals surface area (Å²) in [5.41, 5.74) is 10.4. The number of nitroso groups, excluding NO2 is 1. The molecule has 5 rings (SSSR count). The molecule has 0 aromatic heterocycles. The molecule has 1 aliphatic heterocycles. The van der Waals surface area contributed by atoms with Gasteiger partial charge in [-0.1, -0.05) is 66.7 Å². The van der Waals surface area contributed by atoms with Crippen LogP contribution in [0.4, 0.5) is 5.69 Å². The van der Waals surface area contributed by atoms with Crippen molar-refractivity contribution in [3.05, 3.63) is 142 Å². The summed E-state index contributed by atoms with van der Waals surface area (Å²) in [6.07, 6.45) is -0.175. The van der Waals surface area contributed by atoms with Crippen molar-refractivity contribution in [3.63, 3.8) is 0 Å². The topological polar surface area (TPSA) is 127 Å². The highest BCUT2D eigenvalue weighted by atomic mass is 16.5. The Morgan fingerprint density at radius 2 is 1.68 bits per heavy atom. The number of nitrogens with one attached hydrogen (secondary N) is 2. The molecule has 8 nitrogen and oxygen atoms in total. The largest absolute Gasteiger partial charge is 0.489 e. The number of benzene rings is 4. The van der Waals surface area contributed by atoms with Gasteiger partial charge in [0.2, 0.25) is 0 Å². The van der Waals surface area contributed by atoms with Crippen LogP contribution in [0.3, 0.4) is 0 Å². The molecule has 1 unspecified atom stereocenters. The fourth-order valence-corrected chi connectivity index (χ4v) is 4.54. The Labute approximate surface area is 231 Å². The maximum Gasteiger partial charge on any atom is 0.268 e. The van der Waals surface area contributed by atoms with Crippen molar-refractivity contribution in [3.8, 4) is 11.5 Å². The molecule has 0 radical (unpaired) electrons. The summed E-state index contributed by atoms with van der Waals surface area (Å²) in [4.78, 5) is 23.2. The Kier molecular flexibility index (Phi) is 7.68. The van der Waals surface area contributed by atoms with E-state index in [9.17, 15) is 9.70 Å². The van der Waals surface area contributed by atoms with Crippen molar-refractivity contribution in [2.75, 3.05) is 0 Å². The molecule has 40 heavy (non-hydrogen) atoms. The van der Waals surface area contributed by atoms with Crippen LogP contribution in [0.15, 0.2) is 120 Å². The van der Waals surface area contributed by atoms with Crippen molar-refractivity contribution in [2.24, 2.45) is 10.9 Å². The molecular formula is C32H28N4O4. The van der Waals surface area contributed by atoms with E-state index in [-0.39, 0.29) is 17.5 Å². The number of rotatable bonds is 10. The molecule has 8 heteroatoms. The number of nitrogens with two attached hydrogens (primary N) is 1. The zero-order chi connectivity index (χ0) is 28.1. The smallest absolute Gasteiger partial charge is 0.268 e. The van der Waals surface area contributed by atoms with E-state index in [2.05, 4.69) is 10.5 Å². The fraction of sp³-hybridized carbons (Fsp3) is 0.125. The highest BCUT2D eigenvalue weighted by molar-refractivity contribution is 6.18. The molecule has 4 aromatic rings. The summed E-state index contributed by atoms with van der Waals surface area (Å²) in [6, 6.07) is 30.7. The van der Waals surface area contributed by atoms with Crippen LogP contribution in [-0.2, 0) is 11.4 Å². The first-order chi connectivity index (χ1) is 19.4. The molecule has 1 heterocycles. The van der Waals surface area contributed by atoms with E-state index in [1.165, 1.54) is 0 Å². The van der Waals surface area contributed by atoms with E-state index in [0.29, 0.717) is 34.9 Å². The van der Waals surface area contributed by atoms with E-state index >= 15 is 0 Å². The summed E-state index contributed by atoms with van der Waals surface area (Å²) in [7, 11) is 0. The van der Waals surface area contributed by atoms with Crippen LogP contribution >= 0.6 is 0 Å². The first kappa shape index (κ1) is 26.4. The van der Waals surface area contributed by atoms with Crippen LogP contribution in [0, 0.1) is 10.3 Å². The van der Waals surface area contributed by atoms with Crippen LogP contribution in [0.25, 0.3) is 0 Å². The standard InChI is InChI=1S/C32H28N4O4/c1-20(22-6-3-2-4-7-22)40-27-9-5-8-24(18-27)29(33)28-30(34)32(37)35-31(28)23-12-16-26(17-13-23)39-19-21-10-14-25(36-38)15-11-21/h2-18,20,31,33H,19,34H2,1H3,(H,35,37)/t20-,31?/m0/s1. The predicted octanol–water partition coefficient (Wildman–Crippen LogP) is 6.26. The highest BCUT2D eigenvalue weighted by Gasteiger charge is 2.34. The van der Waals surface area contributed by atoms with Crippen molar-refractivity contribution in [1.29, 1.82) is 5.41 Å². The molecule has 0 fully saturated rings. The molecule has 1 amide bonds. The van der Waals surface area contributed by atoms with Crippen LogP contribution in [0.5, 0.6) is 11.5 Å². The first-order valence-corrected chi connectivity index (χ1v) is 12.8. The Bertz CT molecular complexity index is 1570. The molecule has 0 aliphatic carbocycles. The minimum Gasteiger partial charge on any atom is -0.489 e. The Morgan fingerprint density at radius 1 is 0.950 bits per heavy atom. The lowest BCUT2D eigenvalue weighted by molar-refractivity contribution is -0.117. The number of amides is 1. The molecule has 0 spiro atoms. The Hall–Kier alpha value is -5.24. The number of hydrogen-bond acceptors (Lipinski definition) is 7. The van der Waals surface area contributed by atoms with Gasteiger partial charge < -0.3 is 20.5 Å². The number of carbonyl (C=O) groups is 1. The van der Waals surface area contributed by atoms with E-state index in [4.69, 9.17) is 20.6 Å². The highest BCUT2D eigenvalue weighted by Crippen LogP contribution is 2.33. The minimum absolute atomic E-state index is 0.0209. The van der Waals surface area contributed by atoms with Gasteiger partial charge in [0.15, 0.2) is 0 Å². The number of carbonyl (C=O) groups excluding carboxylic acids is 1. The van der Waals surface area contributed by atoms with Gasteiger partial charge in [-0.25, -0.2) is 0 Å². The van der Waals surface area contributed by atoms with Gasteiger partial charge in [0.1, 0.15) is 35.6 Å². The summed E-state index contributed by atoms with van der Waals surface area (Å²) in [5.74, 6) is 0.838. The molecule has 0 saturated heterocycles. The number of hydrogen-bond donors (Lipinski definition) is 3. The maximum atomic E-state index is 12.6. The molecule has 200 valence electrons. The average molecular weight is 533 g/mol. The van der Waals surface area contributed by atoms with Crippen LogP contribution in [0.1, 0.15) is 41.3 Å². The molecule has 2 atom stereocenters. The number of ether oxygens (including phenoxy) is 2. The van der Waals surface area contributed by atoms with E-state index in [1.807, 2.05) is 61.5 Å². The summed E-state index contributed by atoms with van der Waals surface area (Å²) < 4.78 is 12.0. The van der Waals surface area contributed by atoms with E-state index in [1.54, 1.807) is 48.5 Å². The molecule has 0 bridgehead atoms. The van der Waals surface area contributed by atoms with Gasteiger partial charge in [-0.2, -0.15) is 0 Å². The minimum atomic E-state index is -0.578. The van der Waals surface area contributed by atoms with Crippen LogP contribution in [0.2, 0.25) is 0 Å². The molecular weight excluding hydrogens is 504 g/mol. The average Bonchev–Trinajstić information content (AvgIpc) is 3.30. The summed E-state index contributed by atoms with van der Waals surface area (Å²) in [6.45, 7) is 2.29. The fourth-order valence-electron chi connectivity index (χ4n) is 4.54. The quantitative estimate of drug-likeness (QED) is 0.164. The lowest BCUT2D eigenvalue weighted by Gasteiger charge is -2.19. The summed E-state index contributed by atoms with van der Waals surface area (Å²) >= 11 is 0. The van der Waals surface area contributed by atoms with Crippen molar-refractivity contribution in [1.82, 2.24) is 5.32 Å². The summed E-state index contributed by atoms with van der Waals surface area (Å²) in [5, 5.41) is 14.8. The zero-order valence-electron chi connectivity index (χ0n) is 21.8. The second-order valence-electron chi connectivity index (χ2n) is 9.42. The number of nitrogens with zero attached hydrogens (tertiary/aromatic N) is 1. The Balaban J connectivity index is 1.30. The van der Waals surface area contributed by atoms with E-state index < -0.39 is 11.9 Å². The predicted molar refractivity (Wildman–Crippen MR) is 154 cm³/mol. The van der Waals surface area contributed by atoms with Gasteiger partial charge in [0.05, 0.1) is 11.8 Å². The lowest BCUT2D eigenvalue weighted by atomic mass is 9.92. The lowest BCUT2D eigenvalue weighted by Crippen LogP contribution is -2.24. The van der Waals surface area contributed by atoms with E-state index in [0.717, 1.165) is 16.7 Å². The third-order valence-corrected chi connectivity index (χ3v) is 6.73. The monoisotopic (exact) mass is 532 g/mol. The van der Waals surface area contributed by atoms with Crippen molar-refractivity contribution < 1.29 is 14.3 Å². The van der Waals surface area contributed by atoms with Gasteiger partial charge in [0.25, 0.3) is 5.91 Å². The van der Waals surface area contributed by atoms with Gasteiger partial charge >= 0.3 is 0 Å². The van der Waals surface area contributed by atoms with Crippen molar-refractivity contribution in [2.45, 2.75) is 25.7 Å². The Morgan fingerprint density at radius 3 is 2.38 bits per heavy atom.